The zero-order valence-electron chi connectivity index (χ0n) is 9.54. The molecular formula is C10H16N2O3S. The number of hydrogen-bond donors (Lipinski definition) is 1. The van der Waals surface area contributed by atoms with E-state index < -0.39 is 21.1 Å². The highest BCUT2D eigenvalue weighted by atomic mass is 32.2. The Morgan fingerprint density at radius 2 is 2.12 bits per heavy atom. The molecule has 0 aliphatic heterocycles. The van der Waals surface area contributed by atoms with Gasteiger partial charge in [-0.05, 0) is 19.1 Å². The second-order valence-electron chi connectivity index (χ2n) is 3.65. The Hall–Kier alpha value is -1.14. The monoisotopic (exact) mass is 244 g/mol. The van der Waals surface area contributed by atoms with Crippen molar-refractivity contribution >= 4 is 9.84 Å². The van der Waals surface area contributed by atoms with Gasteiger partial charge in [0.25, 0.3) is 0 Å². The molecule has 16 heavy (non-hydrogen) atoms. The van der Waals surface area contributed by atoms with Crippen LogP contribution in [0.3, 0.4) is 0 Å². The third-order valence-corrected chi connectivity index (χ3v) is 4.16. The van der Waals surface area contributed by atoms with E-state index in [1.807, 2.05) is 0 Å². The minimum atomic E-state index is -3.20. The van der Waals surface area contributed by atoms with Crippen LogP contribution in [0.2, 0.25) is 0 Å². The zero-order chi connectivity index (χ0) is 12.3. The average molecular weight is 244 g/mol. The molecular weight excluding hydrogens is 228 g/mol. The Labute approximate surface area is 95.6 Å². The van der Waals surface area contributed by atoms with Crippen LogP contribution in [0.25, 0.3) is 0 Å². The number of nitrogens with zero attached hydrogens (tertiary/aromatic N) is 1. The number of nitrogens with two attached hydrogens (primary N) is 1. The lowest BCUT2D eigenvalue weighted by atomic mass is 10.1. The standard InChI is InChI=1S/C10H16N2O3S/c1-7(16(3,13)14)9(11)10-8(15-2)5-4-6-12-10/h4-7,9H,11H2,1-3H3. The highest BCUT2D eigenvalue weighted by Gasteiger charge is 2.27. The number of methoxy groups -OCH3 is 1. The van der Waals surface area contributed by atoms with E-state index in [2.05, 4.69) is 4.98 Å². The number of rotatable bonds is 4. The van der Waals surface area contributed by atoms with E-state index in [4.69, 9.17) is 10.5 Å². The van der Waals surface area contributed by atoms with Gasteiger partial charge in [-0.1, -0.05) is 0 Å². The molecule has 1 heterocycles. The van der Waals surface area contributed by atoms with E-state index in [9.17, 15) is 8.42 Å². The molecule has 0 fully saturated rings. The van der Waals surface area contributed by atoms with Crippen LogP contribution < -0.4 is 10.5 Å². The Balaban J connectivity index is 3.10. The molecule has 1 rings (SSSR count). The topological polar surface area (TPSA) is 82.3 Å². The van der Waals surface area contributed by atoms with Gasteiger partial charge in [-0.3, -0.25) is 4.98 Å². The molecule has 1 aromatic rings. The van der Waals surface area contributed by atoms with E-state index in [1.165, 1.54) is 7.11 Å². The van der Waals surface area contributed by atoms with Crippen molar-refractivity contribution in [2.24, 2.45) is 5.73 Å². The van der Waals surface area contributed by atoms with Gasteiger partial charge in [0.15, 0.2) is 9.84 Å². The second-order valence-corrected chi connectivity index (χ2v) is 6.05. The molecule has 1 aromatic heterocycles. The summed E-state index contributed by atoms with van der Waals surface area (Å²) in [5, 5.41) is -0.698. The quantitative estimate of drug-likeness (QED) is 0.835. The Morgan fingerprint density at radius 3 is 2.62 bits per heavy atom. The summed E-state index contributed by atoms with van der Waals surface area (Å²) in [5.74, 6) is 0.505. The largest absolute Gasteiger partial charge is 0.495 e. The third-order valence-electron chi connectivity index (χ3n) is 2.52. The molecule has 0 aliphatic carbocycles. The van der Waals surface area contributed by atoms with Crippen LogP contribution in [0.4, 0.5) is 0 Å². The van der Waals surface area contributed by atoms with Gasteiger partial charge in [0.2, 0.25) is 0 Å². The van der Waals surface area contributed by atoms with Crippen molar-refractivity contribution in [3.63, 3.8) is 0 Å². The van der Waals surface area contributed by atoms with Gasteiger partial charge in [0, 0.05) is 12.5 Å². The molecule has 90 valence electrons. The van der Waals surface area contributed by atoms with Crippen molar-refractivity contribution in [1.82, 2.24) is 4.98 Å². The van der Waals surface area contributed by atoms with Crippen LogP contribution in [0, 0.1) is 0 Å². The first-order valence-corrected chi connectivity index (χ1v) is 6.76. The third kappa shape index (κ3) is 2.70. The summed E-state index contributed by atoms with van der Waals surface area (Å²) in [6, 6.07) is 2.73. The summed E-state index contributed by atoms with van der Waals surface area (Å²) in [5.41, 5.74) is 6.34. The molecule has 6 heteroatoms. The number of pyridine rings is 1. The molecule has 0 amide bonds. The fourth-order valence-corrected chi connectivity index (χ4v) is 1.98. The maximum atomic E-state index is 11.4. The summed E-state index contributed by atoms with van der Waals surface area (Å²) >= 11 is 0. The molecule has 2 unspecified atom stereocenters. The molecule has 0 saturated carbocycles. The Morgan fingerprint density at radius 1 is 1.50 bits per heavy atom. The van der Waals surface area contributed by atoms with Gasteiger partial charge in [-0.25, -0.2) is 8.42 Å². The highest BCUT2D eigenvalue weighted by Crippen LogP contribution is 2.25. The van der Waals surface area contributed by atoms with Crippen molar-refractivity contribution in [3.8, 4) is 5.75 Å². The van der Waals surface area contributed by atoms with Crippen LogP contribution in [-0.4, -0.2) is 32.0 Å². The molecule has 0 aliphatic rings. The van der Waals surface area contributed by atoms with Crippen LogP contribution in [0.15, 0.2) is 18.3 Å². The van der Waals surface area contributed by atoms with Crippen LogP contribution >= 0.6 is 0 Å². The zero-order valence-corrected chi connectivity index (χ0v) is 10.4. The van der Waals surface area contributed by atoms with E-state index in [0.717, 1.165) is 6.26 Å². The molecule has 2 atom stereocenters. The van der Waals surface area contributed by atoms with Gasteiger partial charge >= 0.3 is 0 Å². The van der Waals surface area contributed by atoms with E-state index in [-0.39, 0.29) is 0 Å². The fraction of sp³-hybridized carbons (Fsp3) is 0.500. The highest BCUT2D eigenvalue weighted by molar-refractivity contribution is 7.91. The SMILES string of the molecule is COc1cccnc1C(N)C(C)S(C)(=O)=O. The Kier molecular flexibility index (Phi) is 3.88. The van der Waals surface area contributed by atoms with Crippen LogP contribution in [0.1, 0.15) is 18.7 Å². The van der Waals surface area contributed by atoms with Gasteiger partial charge in [-0.2, -0.15) is 0 Å². The van der Waals surface area contributed by atoms with Gasteiger partial charge in [0.05, 0.1) is 18.4 Å². The van der Waals surface area contributed by atoms with Crippen molar-refractivity contribution in [2.75, 3.05) is 13.4 Å². The van der Waals surface area contributed by atoms with Crippen LogP contribution in [0.5, 0.6) is 5.75 Å². The minimum Gasteiger partial charge on any atom is -0.495 e. The van der Waals surface area contributed by atoms with E-state index in [1.54, 1.807) is 25.3 Å². The van der Waals surface area contributed by atoms with E-state index in [0.29, 0.717) is 11.4 Å². The van der Waals surface area contributed by atoms with Crippen molar-refractivity contribution in [2.45, 2.75) is 18.2 Å². The lowest BCUT2D eigenvalue weighted by molar-refractivity contribution is 0.401. The summed E-state index contributed by atoms with van der Waals surface area (Å²) in [6.07, 6.45) is 2.72. The molecule has 0 radical (unpaired) electrons. The molecule has 0 spiro atoms. The van der Waals surface area contributed by atoms with Crippen molar-refractivity contribution in [1.29, 1.82) is 0 Å². The maximum Gasteiger partial charge on any atom is 0.151 e. The van der Waals surface area contributed by atoms with E-state index >= 15 is 0 Å². The summed E-state index contributed by atoms with van der Waals surface area (Å²) in [6.45, 7) is 1.56. The van der Waals surface area contributed by atoms with Crippen molar-refractivity contribution in [3.05, 3.63) is 24.0 Å². The average Bonchev–Trinajstić information content (AvgIpc) is 2.25. The lowest BCUT2D eigenvalue weighted by Gasteiger charge is -2.19. The van der Waals surface area contributed by atoms with Crippen molar-refractivity contribution < 1.29 is 13.2 Å². The molecule has 5 nitrogen and oxygen atoms in total. The predicted octanol–water partition coefficient (Wildman–Crippen LogP) is 0.523. The smallest absolute Gasteiger partial charge is 0.151 e. The molecule has 2 N–H and O–H groups in total. The first-order valence-electron chi connectivity index (χ1n) is 4.81. The summed E-state index contributed by atoms with van der Waals surface area (Å²) in [7, 11) is -1.70. The molecule has 0 saturated heterocycles. The number of ether oxygens (including phenoxy) is 1. The number of aromatic nitrogens is 1. The lowest BCUT2D eigenvalue weighted by Crippen LogP contribution is -2.31. The molecule has 0 aromatic carbocycles. The van der Waals surface area contributed by atoms with Gasteiger partial charge in [0.1, 0.15) is 11.4 Å². The molecule has 0 bridgehead atoms. The minimum absolute atomic E-state index is 0.461. The number of sulfone groups is 1. The van der Waals surface area contributed by atoms with Gasteiger partial charge < -0.3 is 10.5 Å². The van der Waals surface area contributed by atoms with Gasteiger partial charge in [-0.15, -0.1) is 0 Å². The Bertz CT molecular complexity index is 459. The first kappa shape index (κ1) is 12.9. The summed E-state index contributed by atoms with van der Waals surface area (Å²) < 4.78 is 27.9. The summed E-state index contributed by atoms with van der Waals surface area (Å²) in [4.78, 5) is 4.07. The number of hydrogen-bond acceptors (Lipinski definition) is 5. The van der Waals surface area contributed by atoms with Crippen LogP contribution in [-0.2, 0) is 9.84 Å². The predicted molar refractivity (Wildman–Crippen MR) is 62.0 cm³/mol. The normalized spacial score (nSPS) is 15.5. The fourth-order valence-electron chi connectivity index (χ4n) is 1.31. The maximum absolute atomic E-state index is 11.4. The first-order chi connectivity index (χ1) is 7.38. The second kappa shape index (κ2) is 4.80.